The molecule has 1 saturated heterocycles. The van der Waals surface area contributed by atoms with E-state index in [-0.39, 0.29) is 5.41 Å². The topological polar surface area (TPSA) is 54.0 Å². The lowest BCUT2D eigenvalue weighted by atomic mass is 9.77. The number of aryl methyl sites for hydroxylation is 1. The average molecular weight is 334 g/mol. The van der Waals surface area contributed by atoms with Gasteiger partial charge in [-0.05, 0) is 49.4 Å². The van der Waals surface area contributed by atoms with Gasteiger partial charge in [-0.15, -0.1) is 0 Å². The Morgan fingerprint density at radius 2 is 2.16 bits per heavy atom. The van der Waals surface area contributed by atoms with Gasteiger partial charge in [-0.3, -0.25) is 5.10 Å². The first-order valence-electron chi connectivity index (χ1n) is 9.01. The van der Waals surface area contributed by atoms with Crippen molar-refractivity contribution in [1.29, 1.82) is 0 Å². The normalized spacial score (nSPS) is 22.5. The zero-order valence-corrected chi connectivity index (χ0v) is 14.5. The predicted molar refractivity (Wildman–Crippen MR) is 98.3 cm³/mol. The fraction of sp³-hybridized carbons (Fsp3) is 0.400. The molecule has 1 unspecified atom stereocenters. The number of aromatic amines is 1. The smallest absolute Gasteiger partial charge is 0.145 e. The highest BCUT2D eigenvalue weighted by Gasteiger charge is 2.43. The zero-order chi connectivity index (χ0) is 16.9. The van der Waals surface area contributed by atoms with E-state index in [9.17, 15) is 0 Å². The van der Waals surface area contributed by atoms with Crippen molar-refractivity contribution in [2.45, 2.75) is 31.1 Å². The van der Waals surface area contributed by atoms with Crippen LogP contribution in [-0.4, -0.2) is 35.4 Å². The largest absolute Gasteiger partial charge is 0.494 e. The molecule has 5 heteroatoms. The molecule has 1 spiro atoms. The third-order valence-electron chi connectivity index (χ3n) is 5.91. The standard InChI is InChI=1S/C20H22N4O/c1-25-16-5-2-4-14-6-7-17(22-18(14)16)24-11-3-9-20(13-24)10-8-15-12-21-23-19(15)20/h2,4-7,12H,3,8-11,13H2,1H3,(H,21,23). The molecule has 3 heterocycles. The molecule has 1 aromatic carbocycles. The quantitative estimate of drug-likeness (QED) is 0.780. The van der Waals surface area contributed by atoms with Crippen molar-refractivity contribution >= 4 is 16.7 Å². The Balaban J connectivity index is 1.52. The number of aromatic nitrogens is 3. The number of piperidine rings is 1. The molecule has 2 aromatic heterocycles. The Hall–Kier alpha value is -2.56. The van der Waals surface area contributed by atoms with E-state index in [1.54, 1.807) is 7.11 Å². The van der Waals surface area contributed by atoms with Crippen LogP contribution in [0.4, 0.5) is 5.82 Å². The third-order valence-corrected chi connectivity index (χ3v) is 5.91. The maximum absolute atomic E-state index is 5.50. The molecule has 1 fully saturated rings. The molecule has 5 nitrogen and oxygen atoms in total. The number of pyridine rings is 1. The number of para-hydroxylation sites is 1. The maximum Gasteiger partial charge on any atom is 0.145 e. The Kier molecular flexibility index (Phi) is 3.23. The predicted octanol–water partition coefficient (Wildman–Crippen LogP) is 3.45. The Morgan fingerprint density at radius 3 is 3.08 bits per heavy atom. The molecule has 0 saturated carbocycles. The van der Waals surface area contributed by atoms with Crippen molar-refractivity contribution in [1.82, 2.24) is 15.2 Å². The fourth-order valence-corrected chi connectivity index (χ4v) is 4.64. The number of hydrogen-bond acceptors (Lipinski definition) is 4. The summed E-state index contributed by atoms with van der Waals surface area (Å²) >= 11 is 0. The SMILES string of the molecule is COc1cccc2ccc(N3CCCC4(CCc5cn[nH]c54)C3)nc12. The zero-order valence-electron chi connectivity index (χ0n) is 14.5. The van der Waals surface area contributed by atoms with Crippen molar-refractivity contribution in [3.8, 4) is 5.75 Å². The molecule has 1 aliphatic heterocycles. The van der Waals surface area contributed by atoms with Gasteiger partial charge in [-0.25, -0.2) is 4.98 Å². The number of nitrogens with one attached hydrogen (secondary N) is 1. The number of nitrogens with zero attached hydrogens (tertiary/aromatic N) is 3. The van der Waals surface area contributed by atoms with Crippen molar-refractivity contribution in [3.05, 3.63) is 47.8 Å². The summed E-state index contributed by atoms with van der Waals surface area (Å²) in [7, 11) is 1.71. The van der Waals surface area contributed by atoms with Gasteiger partial charge in [-0.2, -0.15) is 5.10 Å². The van der Waals surface area contributed by atoms with Gasteiger partial charge in [0, 0.05) is 29.6 Å². The number of H-pyrrole nitrogens is 1. The van der Waals surface area contributed by atoms with Crippen LogP contribution in [0.25, 0.3) is 10.9 Å². The molecule has 1 N–H and O–H groups in total. The van der Waals surface area contributed by atoms with Crippen molar-refractivity contribution in [2.24, 2.45) is 0 Å². The monoisotopic (exact) mass is 334 g/mol. The van der Waals surface area contributed by atoms with Gasteiger partial charge in [0.1, 0.15) is 17.1 Å². The number of rotatable bonds is 2. The second-order valence-electron chi connectivity index (χ2n) is 7.28. The van der Waals surface area contributed by atoms with Gasteiger partial charge >= 0.3 is 0 Å². The summed E-state index contributed by atoms with van der Waals surface area (Å²) in [4.78, 5) is 7.38. The second kappa shape index (κ2) is 5.48. The molecule has 25 heavy (non-hydrogen) atoms. The average Bonchev–Trinajstić information content (AvgIpc) is 3.26. The lowest BCUT2D eigenvalue weighted by Crippen LogP contribution is -2.45. The van der Waals surface area contributed by atoms with E-state index in [1.807, 2.05) is 18.3 Å². The van der Waals surface area contributed by atoms with E-state index >= 15 is 0 Å². The highest BCUT2D eigenvalue weighted by atomic mass is 16.5. The fourth-order valence-electron chi connectivity index (χ4n) is 4.64. The summed E-state index contributed by atoms with van der Waals surface area (Å²) < 4.78 is 5.50. The van der Waals surface area contributed by atoms with E-state index in [2.05, 4.69) is 33.3 Å². The first-order chi connectivity index (χ1) is 12.3. The van der Waals surface area contributed by atoms with Crippen LogP contribution in [0.1, 0.15) is 30.5 Å². The number of methoxy groups -OCH3 is 1. The van der Waals surface area contributed by atoms with Crippen LogP contribution < -0.4 is 9.64 Å². The van der Waals surface area contributed by atoms with Crippen LogP contribution in [0, 0.1) is 0 Å². The number of hydrogen-bond donors (Lipinski definition) is 1. The minimum Gasteiger partial charge on any atom is -0.494 e. The summed E-state index contributed by atoms with van der Waals surface area (Å²) in [5.74, 6) is 1.88. The van der Waals surface area contributed by atoms with Crippen LogP contribution in [0.3, 0.4) is 0 Å². The Labute approximate surface area is 147 Å². The van der Waals surface area contributed by atoms with Crippen LogP contribution in [0.5, 0.6) is 5.75 Å². The summed E-state index contributed by atoms with van der Waals surface area (Å²) in [5, 5.41) is 8.68. The lowest BCUT2D eigenvalue weighted by Gasteiger charge is -2.41. The third kappa shape index (κ3) is 2.22. The van der Waals surface area contributed by atoms with Crippen LogP contribution in [0.2, 0.25) is 0 Å². The number of benzene rings is 1. The van der Waals surface area contributed by atoms with Crippen molar-refractivity contribution in [2.75, 3.05) is 25.1 Å². The Bertz CT molecular complexity index is 934. The van der Waals surface area contributed by atoms with E-state index in [1.165, 1.54) is 30.5 Å². The van der Waals surface area contributed by atoms with Gasteiger partial charge in [0.15, 0.2) is 0 Å². The second-order valence-corrected chi connectivity index (χ2v) is 7.28. The van der Waals surface area contributed by atoms with E-state index in [4.69, 9.17) is 9.72 Å². The molecular weight excluding hydrogens is 312 g/mol. The van der Waals surface area contributed by atoms with Crippen LogP contribution >= 0.6 is 0 Å². The van der Waals surface area contributed by atoms with Crippen molar-refractivity contribution < 1.29 is 4.74 Å². The first kappa shape index (κ1) is 14.8. The van der Waals surface area contributed by atoms with Crippen molar-refractivity contribution in [3.63, 3.8) is 0 Å². The van der Waals surface area contributed by atoms with E-state index in [0.717, 1.165) is 42.0 Å². The molecular formula is C20H22N4O. The Morgan fingerprint density at radius 1 is 1.20 bits per heavy atom. The highest BCUT2D eigenvalue weighted by molar-refractivity contribution is 5.86. The molecule has 1 atom stereocenters. The molecule has 5 rings (SSSR count). The van der Waals surface area contributed by atoms with Gasteiger partial charge in [0.2, 0.25) is 0 Å². The lowest BCUT2D eigenvalue weighted by molar-refractivity contribution is 0.331. The maximum atomic E-state index is 5.50. The van der Waals surface area contributed by atoms with Crippen LogP contribution in [0.15, 0.2) is 36.5 Å². The number of fused-ring (bicyclic) bond motifs is 3. The van der Waals surface area contributed by atoms with E-state index in [0.29, 0.717) is 0 Å². The number of anilines is 1. The molecule has 0 radical (unpaired) electrons. The molecule has 0 bridgehead atoms. The summed E-state index contributed by atoms with van der Waals surface area (Å²) in [6.45, 7) is 2.06. The molecule has 1 aliphatic carbocycles. The molecule has 128 valence electrons. The first-order valence-corrected chi connectivity index (χ1v) is 9.01. The highest BCUT2D eigenvalue weighted by Crippen LogP contribution is 2.44. The molecule has 3 aromatic rings. The van der Waals surface area contributed by atoms with Gasteiger partial charge in [0.05, 0.1) is 13.3 Å². The summed E-state index contributed by atoms with van der Waals surface area (Å²) in [6, 6.07) is 10.4. The number of ether oxygens (including phenoxy) is 1. The van der Waals surface area contributed by atoms with Gasteiger partial charge in [-0.1, -0.05) is 12.1 Å². The van der Waals surface area contributed by atoms with Crippen LogP contribution in [-0.2, 0) is 11.8 Å². The summed E-state index contributed by atoms with van der Waals surface area (Å²) in [6.07, 6.45) is 6.77. The minimum absolute atomic E-state index is 0.210. The van der Waals surface area contributed by atoms with Gasteiger partial charge < -0.3 is 9.64 Å². The van der Waals surface area contributed by atoms with E-state index < -0.39 is 0 Å². The summed E-state index contributed by atoms with van der Waals surface area (Å²) in [5.41, 5.74) is 3.91. The molecule has 2 aliphatic rings. The minimum atomic E-state index is 0.210. The van der Waals surface area contributed by atoms with Gasteiger partial charge in [0.25, 0.3) is 0 Å². The molecule has 0 amide bonds.